The fraction of sp³-hybridized carbons (Fsp3) is 0.500. The van der Waals surface area contributed by atoms with Gasteiger partial charge in [0.2, 0.25) is 5.91 Å². The first-order valence-electron chi connectivity index (χ1n) is 7.73. The summed E-state index contributed by atoms with van der Waals surface area (Å²) in [6, 6.07) is 4.43. The van der Waals surface area contributed by atoms with Crippen LogP contribution in [-0.2, 0) is 11.0 Å². The van der Waals surface area contributed by atoms with Crippen LogP contribution >= 0.6 is 12.4 Å². The second-order valence-corrected chi connectivity index (χ2v) is 5.87. The molecule has 1 aliphatic rings. The molecule has 3 N–H and O–H groups in total. The molecule has 0 radical (unpaired) electrons. The second kappa shape index (κ2) is 9.05. The molecule has 140 valence electrons. The first-order chi connectivity index (χ1) is 11.3. The fourth-order valence-corrected chi connectivity index (χ4v) is 2.62. The molecule has 2 unspecified atom stereocenters. The fourth-order valence-electron chi connectivity index (χ4n) is 2.62. The summed E-state index contributed by atoms with van der Waals surface area (Å²) in [5.41, 5.74) is -1.52. The van der Waals surface area contributed by atoms with Crippen molar-refractivity contribution < 1.29 is 22.8 Å². The molecule has 5 nitrogen and oxygen atoms in total. The SMILES string of the molecule is CC1CCNCC1NC(=O)CNC(=O)c1ccccc1C(F)(F)F.Cl. The van der Waals surface area contributed by atoms with E-state index in [2.05, 4.69) is 16.0 Å². The third-order valence-corrected chi connectivity index (χ3v) is 4.06. The van der Waals surface area contributed by atoms with E-state index in [1.807, 2.05) is 6.92 Å². The lowest BCUT2D eigenvalue weighted by molar-refractivity contribution is -0.137. The zero-order chi connectivity index (χ0) is 17.7. The highest BCUT2D eigenvalue weighted by Crippen LogP contribution is 2.31. The maximum absolute atomic E-state index is 12.9. The average molecular weight is 380 g/mol. The third-order valence-electron chi connectivity index (χ3n) is 4.06. The molecule has 1 saturated heterocycles. The van der Waals surface area contributed by atoms with E-state index in [4.69, 9.17) is 0 Å². The molecule has 0 bridgehead atoms. The van der Waals surface area contributed by atoms with E-state index in [1.54, 1.807) is 0 Å². The van der Waals surface area contributed by atoms with Gasteiger partial charge in [-0.05, 0) is 31.0 Å². The van der Waals surface area contributed by atoms with Gasteiger partial charge < -0.3 is 16.0 Å². The maximum atomic E-state index is 12.9. The summed E-state index contributed by atoms with van der Waals surface area (Å²) in [6.45, 7) is 3.18. The second-order valence-electron chi connectivity index (χ2n) is 5.87. The standard InChI is InChI=1S/C16H20F3N3O2.ClH/c1-10-6-7-20-8-13(10)22-14(23)9-21-15(24)11-4-2-3-5-12(11)16(17,18)19;/h2-5,10,13,20H,6-9H2,1H3,(H,21,24)(H,22,23);1H. The van der Waals surface area contributed by atoms with Crippen LogP contribution < -0.4 is 16.0 Å². The number of nitrogens with one attached hydrogen (secondary N) is 3. The molecule has 25 heavy (non-hydrogen) atoms. The van der Waals surface area contributed by atoms with Crippen LogP contribution in [0.25, 0.3) is 0 Å². The van der Waals surface area contributed by atoms with Crippen LogP contribution in [0.1, 0.15) is 29.3 Å². The average Bonchev–Trinajstić information content (AvgIpc) is 2.54. The number of benzene rings is 1. The highest BCUT2D eigenvalue weighted by molar-refractivity contribution is 5.97. The van der Waals surface area contributed by atoms with E-state index >= 15 is 0 Å². The van der Waals surface area contributed by atoms with Crippen LogP contribution in [0, 0.1) is 5.92 Å². The summed E-state index contributed by atoms with van der Waals surface area (Å²) >= 11 is 0. The topological polar surface area (TPSA) is 70.2 Å². The summed E-state index contributed by atoms with van der Waals surface area (Å²) in [5.74, 6) is -1.04. The number of halogens is 4. The minimum atomic E-state index is -4.63. The minimum absolute atomic E-state index is 0. The summed E-state index contributed by atoms with van der Waals surface area (Å²) in [5, 5.41) is 8.18. The van der Waals surface area contributed by atoms with Gasteiger partial charge in [-0.15, -0.1) is 12.4 Å². The number of amides is 2. The van der Waals surface area contributed by atoms with Crippen molar-refractivity contribution in [2.24, 2.45) is 5.92 Å². The first kappa shape index (κ1) is 21.2. The lowest BCUT2D eigenvalue weighted by atomic mass is 9.95. The van der Waals surface area contributed by atoms with Crippen molar-refractivity contribution in [1.82, 2.24) is 16.0 Å². The van der Waals surface area contributed by atoms with Crippen molar-refractivity contribution >= 4 is 24.2 Å². The normalized spacial score (nSPS) is 20.3. The number of carbonyl (C=O) groups is 2. The number of hydrogen-bond acceptors (Lipinski definition) is 3. The van der Waals surface area contributed by atoms with Gasteiger partial charge in [0.25, 0.3) is 5.91 Å². The molecule has 9 heteroatoms. The molecule has 1 heterocycles. The largest absolute Gasteiger partial charge is 0.417 e. The predicted molar refractivity (Wildman–Crippen MR) is 89.6 cm³/mol. The van der Waals surface area contributed by atoms with E-state index in [0.717, 1.165) is 25.1 Å². The molecule has 1 aromatic rings. The zero-order valence-electron chi connectivity index (χ0n) is 13.7. The van der Waals surface area contributed by atoms with Gasteiger partial charge in [-0.2, -0.15) is 13.2 Å². The van der Waals surface area contributed by atoms with Crippen LogP contribution in [0.15, 0.2) is 24.3 Å². The van der Waals surface area contributed by atoms with Crippen LogP contribution in [0.2, 0.25) is 0 Å². The number of piperidine rings is 1. The van der Waals surface area contributed by atoms with Gasteiger partial charge in [0.05, 0.1) is 17.7 Å². The maximum Gasteiger partial charge on any atom is 0.417 e. The number of carbonyl (C=O) groups excluding carboxylic acids is 2. The number of alkyl halides is 3. The Morgan fingerprint density at radius 1 is 1.28 bits per heavy atom. The first-order valence-corrected chi connectivity index (χ1v) is 7.73. The molecule has 1 fully saturated rings. The number of hydrogen-bond donors (Lipinski definition) is 3. The van der Waals surface area contributed by atoms with Crippen molar-refractivity contribution in [3.63, 3.8) is 0 Å². The van der Waals surface area contributed by atoms with Crippen LogP contribution in [0.4, 0.5) is 13.2 Å². The van der Waals surface area contributed by atoms with E-state index in [9.17, 15) is 22.8 Å². The molecule has 2 atom stereocenters. The van der Waals surface area contributed by atoms with Gasteiger partial charge in [-0.25, -0.2) is 0 Å². The smallest absolute Gasteiger partial charge is 0.350 e. The molecule has 0 aliphatic carbocycles. The summed E-state index contributed by atoms with van der Waals surface area (Å²) < 4.78 is 38.7. The molecule has 0 spiro atoms. The minimum Gasteiger partial charge on any atom is -0.350 e. The molecule has 1 aliphatic heterocycles. The van der Waals surface area contributed by atoms with Gasteiger partial charge in [-0.1, -0.05) is 19.1 Å². The van der Waals surface area contributed by atoms with Gasteiger partial charge >= 0.3 is 6.18 Å². The molecule has 2 rings (SSSR count). The summed E-state index contributed by atoms with van der Waals surface area (Å²) in [4.78, 5) is 23.9. The van der Waals surface area contributed by atoms with Crippen LogP contribution in [-0.4, -0.2) is 37.5 Å². The van der Waals surface area contributed by atoms with E-state index < -0.39 is 29.1 Å². The Kier molecular flexibility index (Phi) is 7.69. The Labute approximate surface area is 150 Å². The van der Waals surface area contributed by atoms with E-state index in [0.29, 0.717) is 12.5 Å². The quantitative estimate of drug-likeness (QED) is 0.749. The highest BCUT2D eigenvalue weighted by atomic mass is 35.5. The Morgan fingerprint density at radius 2 is 1.96 bits per heavy atom. The van der Waals surface area contributed by atoms with Gasteiger partial charge in [0, 0.05) is 12.6 Å². The number of rotatable bonds is 4. The summed E-state index contributed by atoms with van der Waals surface area (Å²) in [7, 11) is 0. The van der Waals surface area contributed by atoms with Crippen LogP contribution in [0.5, 0.6) is 0 Å². The van der Waals surface area contributed by atoms with E-state index in [-0.39, 0.29) is 25.0 Å². The Bertz CT molecular complexity index is 611. The molecular formula is C16H21ClF3N3O2. The molecule has 0 aromatic heterocycles. The molecular weight excluding hydrogens is 359 g/mol. The van der Waals surface area contributed by atoms with Gasteiger partial charge in [-0.3, -0.25) is 9.59 Å². The van der Waals surface area contributed by atoms with E-state index in [1.165, 1.54) is 12.1 Å². The third kappa shape index (κ3) is 5.89. The summed E-state index contributed by atoms with van der Waals surface area (Å²) in [6.07, 6.45) is -3.70. The van der Waals surface area contributed by atoms with Gasteiger partial charge in [0.1, 0.15) is 0 Å². The monoisotopic (exact) mass is 379 g/mol. The van der Waals surface area contributed by atoms with Crippen molar-refractivity contribution in [2.45, 2.75) is 25.6 Å². The Morgan fingerprint density at radius 3 is 2.60 bits per heavy atom. The lowest BCUT2D eigenvalue weighted by Crippen LogP contribution is -2.52. The van der Waals surface area contributed by atoms with Crippen molar-refractivity contribution in [1.29, 1.82) is 0 Å². The van der Waals surface area contributed by atoms with Crippen molar-refractivity contribution in [3.05, 3.63) is 35.4 Å². The Balaban J connectivity index is 0.00000312. The van der Waals surface area contributed by atoms with Crippen LogP contribution in [0.3, 0.4) is 0 Å². The highest BCUT2D eigenvalue weighted by Gasteiger charge is 2.34. The van der Waals surface area contributed by atoms with Crippen molar-refractivity contribution in [3.8, 4) is 0 Å². The predicted octanol–water partition coefficient (Wildman–Crippen LogP) is 1.97. The van der Waals surface area contributed by atoms with Gasteiger partial charge in [0.15, 0.2) is 0 Å². The Hall–Kier alpha value is -1.80. The zero-order valence-corrected chi connectivity index (χ0v) is 14.5. The lowest BCUT2D eigenvalue weighted by Gasteiger charge is -2.30. The van der Waals surface area contributed by atoms with Crippen molar-refractivity contribution in [2.75, 3.05) is 19.6 Å². The molecule has 2 amide bonds. The molecule has 1 aromatic carbocycles. The molecule has 0 saturated carbocycles.